The summed E-state index contributed by atoms with van der Waals surface area (Å²) in [7, 11) is 0. The molecule has 0 heterocycles. The number of carbonyl (C=O) groups is 1. The summed E-state index contributed by atoms with van der Waals surface area (Å²) in [5.41, 5.74) is 0. The third-order valence-corrected chi connectivity index (χ3v) is 0. The van der Waals surface area contributed by atoms with Crippen LogP contribution in [0, 0.1) is 0 Å². The Morgan fingerprint density at radius 2 is 1.22 bits per heavy atom. The molecule has 0 aromatic heterocycles. The summed E-state index contributed by atoms with van der Waals surface area (Å²) in [4.78, 5) is 8.33. The molecule has 0 aliphatic rings. The zero-order valence-corrected chi connectivity index (χ0v) is 9.94. The summed E-state index contributed by atoms with van der Waals surface area (Å²) in [6, 6.07) is 0. The molecule has 0 saturated carbocycles. The Morgan fingerprint density at radius 1 is 1.22 bits per heavy atom. The molecule has 4 N–H and O–H groups in total. The molecule has 0 rings (SSSR count). The first-order valence-electron chi connectivity index (χ1n) is 0.757. The minimum absolute atomic E-state index is 0. The first kappa shape index (κ1) is 31.4. The fourth-order valence-corrected chi connectivity index (χ4v) is 0. The van der Waals surface area contributed by atoms with Crippen LogP contribution in [0.25, 0.3) is 0 Å². The molecule has 0 aliphatic carbocycles. The van der Waals surface area contributed by atoms with Crippen LogP contribution in [-0.4, -0.2) is 6.16 Å². The predicted molar refractivity (Wildman–Crippen MR) is 19.3 cm³/mol. The second-order valence-electron chi connectivity index (χ2n) is 0.250. The van der Waals surface area contributed by atoms with Crippen LogP contribution in [0.3, 0.4) is 0 Å². The van der Waals surface area contributed by atoms with Crippen LogP contribution in [-0.2, 0) is 19.8 Å². The Hall–Kier alpha value is 1.48. The number of carbonyl (C=O) groups excluding carboxylic acids is 1. The van der Waals surface area contributed by atoms with Crippen LogP contribution in [0.5, 0.6) is 0 Å². The summed E-state index contributed by atoms with van der Waals surface area (Å²) < 4.78 is 8.00. The molecule has 5 nitrogen and oxygen atoms in total. The molecule has 0 spiro atoms. The van der Waals surface area contributed by atoms with Crippen LogP contribution in [0.1, 0.15) is 0 Å². The zero-order valence-electron chi connectivity index (χ0n) is 4.89. The third-order valence-electron chi connectivity index (χ3n) is 0. The molecule has 8 heteroatoms. The zero-order chi connectivity index (χ0) is 5.58. The van der Waals surface area contributed by atoms with Gasteiger partial charge in [-0.05, 0) is 6.16 Å². The summed E-state index contributed by atoms with van der Waals surface area (Å²) in [5, 5.41) is 16.7. The van der Waals surface area contributed by atoms with Gasteiger partial charge in [-0.3, -0.25) is 0 Å². The fraction of sp³-hybridized carbons (Fsp3) is 0. The van der Waals surface area contributed by atoms with Crippen LogP contribution in [0.4, 0.5) is 4.79 Å². The SMILES string of the molecule is Cl.O=C([O-])[O-].[K+].[NH4+].[O]=[Fe]. The average molecular weight is 225 g/mol. The molecular formula is CH5ClFeKNO4. The third kappa shape index (κ3) is 243. The first-order valence-corrected chi connectivity index (χ1v) is 1.21. The van der Waals surface area contributed by atoms with Gasteiger partial charge in [-0.15, -0.1) is 12.4 Å². The summed E-state index contributed by atoms with van der Waals surface area (Å²) >= 11 is 2.00. The molecule has 54 valence electrons. The van der Waals surface area contributed by atoms with Crippen LogP contribution < -0.4 is 67.7 Å². The van der Waals surface area contributed by atoms with Gasteiger partial charge >= 0.3 is 71.2 Å². The number of carboxylic acid groups (broad SMARTS) is 2. The van der Waals surface area contributed by atoms with Crippen molar-refractivity contribution in [3.8, 4) is 0 Å². The van der Waals surface area contributed by atoms with Gasteiger partial charge in [-0.1, -0.05) is 0 Å². The Balaban J connectivity index is -0.00000000990. The van der Waals surface area contributed by atoms with E-state index in [2.05, 4.69) is 0 Å². The van der Waals surface area contributed by atoms with Crippen LogP contribution >= 0.6 is 12.4 Å². The molecule has 0 saturated heterocycles. The topological polar surface area (TPSA) is 117 Å². The van der Waals surface area contributed by atoms with Crippen molar-refractivity contribution in [2.75, 3.05) is 0 Å². The number of halogens is 1. The van der Waals surface area contributed by atoms with Crippen LogP contribution in [0.15, 0.2) is 0 Å². The van der Waals surface area contributed by atoms with Crippen molar-refractivity contribution in [3.05, 3.63) is 0 Å². The van der Waals surface area contributed by atoms with Crippen molar-refractivity contribution >= 4 is 18.6 Å². The summed E-state index contributed by atoms with van der Waals surface area (Å²) in [6.07, 6.45) is -2.33. The van der Waals surface area contributed by atoms with E-state index in [0.29, 0.717) is 0 Å². The minimum atomic E-state index is -2.33. The van der Waals surface area contributed by atoms with Gasteiger partial charge in [0.1, 0.15) is 0 Å². The van der Waals surface area contributed by atoms with E-state index in [9.17, 15) is 0 Å². The summed E-state index contributed by atoms with van der Waals surface area (Å²) in [5.74, 6) is 0. The van der Waals surface area contributed by atoms with Crippen molar-refractivity contribution in [1.29, 1.82) is 0 Å². The molecule has 0 amide bonds. The number of hydrogen-bond acceptors (Lipinski definition) is 4. The summed E-state index contributed by atoms with van der Waals surface area (Å²) in [6.45, 7) is 0. The molecule has 0 bridgehead atoms. The van der Waals surface area contributed by atoms with Gasteiger partial charge < -0.3 is 21.2 Å². The van der Waals surface area contributed by atoms with Crippen molar-refractivity contribution in [2.45, 2.75) is 0 Å². The molecule has 0 unspecified atom stereocenters. The van der Waals surface area contributed by atoms with Gasteiger partial charge in [-0.25, -0.2) is 0 Å². The van der Waals surface area contributed by atoms with E-state index in [4.69, 9.17) is 18.8 Å². The number of quaternary nitrogens is 1. The van der Waals surface area contributed by atoms with E-state index < -0.39 is 6.16 Å². The normalized spacial score (nSPS) is 3.22. The predicted octanol–water partition coefficient (Wildman–Crippen LogP) is -4.77. The van der Waals surface area contributed by atoms with E-state index >= 15 is 0 Å². The van der Waals surface area contributed by atoms with Gasteiger partial charge in [-0.2, -0.15) is 0 Å². The van der Waals surface area contributed by atoms with E-state index in [-0.39, 0.29) is 69.9 Å². The van der Waals surface area contributed by atoms with Gasteiger partial charge in [0.2, 0.25) is 0 Å². The quantitative estimate of drug-likeness (QED) is 0.416. The number of rotatable bonds is 0. The molecule has 0 aromatic carbocycles. The van der Waals surface area contributed by atoms with Crippen molar-refractivity contribution in [2.24, 2.45) is 0 Å². The fourth-order valence-electron chi connectivity index (χ4n) is 0. The molecule has 0 fully saturated rings. The van der Waals surface area contributed by atoms with E-state index in [1.807, 2.05) is 15.9 Å². The molecule has 0 aromatic rings. The second kappa shape index (κ2) is 34.0. The molecule has 0 atom stereocenters. The van der Waals surface area contributed by atoms with Crippen molar-refractivity contribution < 1.29 is 86.2 Å². The van der Waals surface area contributed by atoms with Gasteiger partial charge in [0.15, 0.2) is 0 Å². The van der Waals surface area contributed by atoms with E-state index in [1.54, 1.807) is 0 Å². The Morgan fingerprint density at radius 3 is 1.22 bits per heavy atom. The van der Waals surface area contributed by atoms with E-state index in [0.717, 1.165) is 0 Å². The van der Waals surface area contributed by atoms with Crippen LogP contribution in [0.2, 0.25) is 0 Å². The maximum atomic E-state index is 8.33. The van der Waals surface area contributed by atoms with Gasteiger partial charge in [0.25, 0.3) is 0 Å². The monoisotopic (exact) mass is 225 g/mol. The Kier molecular flexibility index (Phi) is 118. The molecular weight excluding hydrogens is 220 g/mol. The molecule has 9 heavy (non-hydrogen) atoms. The molecule has 0 radical (unpaired) electrons. The maximum absolute atomic E-state index is 8.33. The second-order valence-corrected chi connectivity index (χ2v) is 0.250. The van der Waals surface area contributed by atoms with Gasteiger partial charge in [0.05, 0.1) is 0 Å². The van der Waals surface area contributed by atoms with Gasteiger partial charge in [0, 0.05) is 0 Å². The first-order chi connectivity index (χ1) is 2.73. The van der Waals surface area contributed by atoms with Crippen molar-refractivity contribution in [1.82, 2.24) is 6.15 Å². The average Bonchev–Trinajstić information content (AvgIpc) is 1.41. The van der Waals surface area contributed by atoms with E-state index in [1.165, 1.54) is 0 Å². The van der Waals surface area contributed by atoms with Crippen molar-refractivity contribution in [3.63, 3.8) is 0 Å². The number of hydrogen-bond donors (Lipinski definition) is 1. The molecule has 0 aliphatic heterocycles. The standard InChI is InChI=1S/CH2O3.ClH.Fe.K.H3N.O/c2-1(3)4;;;;;/h(H2,2,3,4);1H;;;1H3;/q;;;+1;;/p-1. The Labute approximate surface area is 109 Å². The Bertz CT molecular complexity index is 51.8.